The average Bonchev–Trinajstić information content (AvgIpc) is 3.10. The van der Waals surface area contributed by atoms with Crippen LogP contribution >= 0.6 is 0 Å². The smallest absolute Gasteiger partial charge is 0.212 e. The molecule has 1 fully saturated rings. The van der Waals surface area contributed by atoms with Crippen molar-refractivity contribution >= 4 is 10.0 Å². The van der Waals surface area contributed by atoms with E-state index < -0.39 is 15.8 Å². The molecule has 0 heterocycles. The summed E-state index contributed by atoms with van der Waals surface area (Å²) in [6, 6.07) is 5.81. The third-order valence-corrected chi connectivity index (χ3v) is 4.31. The van der Waals surface area contributed by atoms with Crippen molar-refractivity contribution in [2.75, 3.05) is 5.75 Å². The van der Waals surface area contributed by atoms with Crippen molar-refractivity contribution in [1.29, 1.82) is 5.26 Å². The molecule has 96 valence electrons. The van der Waals surface area contributed by atoms with Gasteiger partial charge in [0.25, 0.3) is 0 Å². The lowest BCUT2D eigenvalue weighted by Gasteiger charge is -2.07. The molecule has 0 atom stereocenters. The molecule has 0 aromatic heterocycles. The molecule has 18 heavy (non-hydrogen) atoms. The molecule has 0 saturated heterocycles. The number of hydrogen-bond donors (Lipinski definition) is 1. The molecule has 2 rings (SSSR count). The first-order valence-electron chi connectivity index (χ1n) is 5.66. The molecule has 0 radical (unpaired) electrons. The van der Waals surface area contributed by atoms with Gasteiger partial charge in [-0.3, -0.25) is 0 Å². The van der Waals surface area contributed by atoms with Gasteiger partial charge < -0.3 is 0 Å². The molecule has 0 aliphatic heterocycles. The Morgan fingerprint density at radius 3 is 2.72 bits per heavy atom. The molecule has 1 saturated carbocycles. The molecule has 0 spiro atoms. The molecule has 1 aliphatic carbocycles. The average molecular weight is 268 g/mol. The standard InChI is InChI=1S/C12H13FN2O2S/c13-12-5-10(6-14)3-4-11(12)7-15-18(16,17)8-9-1-2-9/h3-5,9,15H,1-2,7-8H2. The first-order chi connectivity index (χ1) is 8.50. The van der Waals surface area contributed by atoms with Gasteiger partial charge in [0.2, 0.25) is 10.0 Å². The second kappa shape index (κ2) is 5.04. The fourth-order valence-electron chi connectivity index (χ4n) is 1.60. The molecule has 0 amide bonds. The molecule has 1 aromatic rings. The highest BCUT2D eigenvalue weighted by molar-refractivity contribution is 7.89. The van der Waals surface area contributed by atoms with Gasteiger partial charge in [-0.1, -0.05) is 6.07 Å². The molecular formula is C12H13FN2O2S. The fraction of sp³-hybridized carbons (Fsp3) is 0.417. The Kier molecular flexibility index (Phi) is 3.64. The van der Waals surface area contributed by atoms with Crippen molar-refractivity contribution in [3.63, 3.8) is 0 Å². The highest BCUT2D eigenvalue weighted by Crippen LogP contribution is 2.30. The maximum Gasteiger partial charge on any atom is 0.212 e. The zero-order valence-corrected chi connectivity index (χ0v) is 10.5. The minimum atomic E-state index is -3.33. The van der Waals surface area contributed by atoms with Gasteiger partial charge in [0, 0.05) is 12.1 Å². The summed E-state index contributed by atoms with van der Waals surface area (Å²) in [5.74, 6) is -0.193. The Morgan fingerprint density at radius 2 is 2.17 bits per heavy atom. The summed E-state index contributed by atoms with van der Waals surface area (Å²) in [5.41, 5.74) is 0.463. The number of halogens is 1. The second-order valence-electron chi connectivity index (χ2n) is 4.46. The van der Waals surface area contributed by atoms with Gasteiger partial charge in [-0.25, -0.2) is 17.5 Å². The van der Waals surface area contributed by atoms with Crippen LogP contribution in [-0.4, -0.2) is 14.2 Å². The number of nitrogens with one attached hydrogen (secondary N) is 1. The Labute approximate surface area is 105 Å². The monoisotopic (exact) mass is 268 g/mol. The highest BCUT2D eigenvalue weighted by atomic mass is 32.2. The Balaban J connectivity index is 1.99. The second-order valence-corrected chi connectivity index (χ2v) is 6.32. The van der Waals surface area contributed by atoms with E-state index in [0.717, 1.165) is 18.9 Å². The van der Waals surface area contributed by atoms with Gasteiger partial charge in [-0.2, -0.15) is 5.26 Å². The predicted octanol–water partition coefficient (Wildman–Crippen LogP) is 1.53. The van der Waals surface area contributed by atoms with Crippen molar-refractivity contribution in [3.05, 3.63) is 35.1 Å². The molecule has 6 heteroatoms. The van der Waals surface area contributed by atoms with Crippen LogP contribution in [0.1, 0.15) is 24.0 Å². The zero-order chi connectivity index (χ0) is 13.2. The van der Waals surface area contributed by atoms with Crippen LogP contribution in [0.25, 0.3) is 0 Å². The third kappa shape index (κ3) is 3.52. The molecule has 1 N–H and O–H groups in total. The Morgan fingerprint density at radius 1 is 1.44 bits per heavy atom. The highest BCUT2D eigenvalue weighted by Gasteiger charge is 2.27. The Hall–Kier alpha value is -1.45. The number of sulfonamides is 1. The largest absolute Gasteiger partial charge is 0.212 e. The maximum atomic E-state index is 13.5. The van der Waals surface area contributed by atoms with E-state index in [-0.39, 0.29) is 29.3 Å². The van der Waals surface area contributed by atoms with Crippen molar-refractivity contribution in [1.82, 2.24) is 4.72 Å². The van der Waals surface area contributed by atoms with Crippen molar-refractivity contribution in [2.24, 2.45) is 5.92 Å². The summed E-state index contributed by atoms with van der Waals surface area (Å²) in [4.78, 5) is 0. The minimum absolute atomic E-state index is 0.0768. The minimum Gasteiger partial charge on any atom is -0.212 e. The van der Waals surface area contributed by atoms with Crippen LogP contribution in [0.4, 0.5) is 4.39 Å². The quantitative estimate of drug-likeness (QED) is 0.880. The predicted molar refractivity (Wildman–Crippen MR) is 64.5 cm³/mol. The summed E-state index contributed by atoms with van der Waals surface area (Å²) in [7, 11) is -3.33. The van der Waals surface area contributed by atoms with Gasteiger partial charge in [0.1, 0.15) is 5.82 Å². The van der Waals surface area contributed by atoms with E-state index in [4.69, 9.17) is 5.26 Å². The topological polar surface area (TPSA) is 70.0 Å². The maximum absolute atomic E-state index is 13.5. The molecule has 0 bridgehead atoms. The summed E-state index contributed by atoms with van der Waals surface area (Å²) >= 11 is 0. The summed E-state index contributed by atoms with van der Waals surface area (Å²) < 4.78 is 39.1. The fourth-order valence-corrected chi connectivity index (χ4v) is 3.05. The van der Waals surface area contributed by atoms with Gasteiger partial charge in [0.05, 0.1) is 17.4 Å². The normalized spacial score (nSPS) is 15.3. The van der Waals surface area contributed by atoms with Crippen molar-refractivity contribution < 1.29 is 12.8 Å². The first kappa shape index (κ1) is 13.0. The van der Waals surface area contributed by atoms with Crippen molar-refractivity contribution in [3.8, 4) is 6.07 Å². The summed E-state index contributed by atoms with van der Waals surface area (Å²) in [6.45, 7) is -0.0768. The van der Waals surface area contributed by atoms with Crippen molar-refractivity contribution in [2.45, 2.75) is 19.4 Å². The van der Waals surface area contributed by atoms with E-state index in [1.165, 1.54) is 12.1 Å². The lowest BCUT2D eigenvalue weighted by molar-refractivity contribution is 0.571. The van der Waals surface area contributed by atoms with Crippen LogP contribution in [0, 0.1) is 23.1 Å². The number of rotatable bonds is 5. The number of benzene rings is 1. The number of nitriles is 1. The third-order valence-electron chi connectivity index (χ3n) is 2.82. The molecular weight excluding hydrogens is 255 g/mol. The lowest BCUT2D eigenvalue weighted by Crippen LogP contribution is -2.27. The molecule has 0 unspecified atom stereocenters. The number of hydrogen-bond acceptors (Lipinski definition) is 3. The van der Waals surface area contributed by atoms with E-state index in [1.807, 2.05) is 6.07 Å². The molecule has 1 aliphatic rings. The SMILES string of the molecule is N#Cc1ccc(CNS(=O)(=O)CC2CC2)c(F)c1. The van der Waals surface area contributed by atoms with Crippen LogP contribution in [0.3, 0.4) is 0 Å². The van der Waals surface area contributed by atoms with E-state index in [2.05, 4.69) is 4.72 Å². The van der Waals surface area contributed by atoms with Gasteiger partial charge in [-0.15, -0.1) is 0 Å². The molecule has 1 aromatic carbocycles. The van der Waals surface area contributed by atoms with Crippen LogP contribution < -0.4 is 4.72 Å². The van der Waals surface area contributed by atoms with E-state index in [0.29, 0.717) is 0 Å². The molecule has 4 nitrogen and oxygen atoms in total. The first-order valence-corrected chi connectivity index (χ1v) is 7.31. The van der Waals surface area contributed by atoms with Gasteiger partial charge >= 0.3 is 0 Å². The van der Waals surface area contributed by atoms with E-state index >= 15 is 0 Å². The van der Waals surface area contributed by atoms with E-state index in [9.17, 15) is 12.8 Å². The summed E-state index contributed by atoms with van der Waals surface area (Å²) in [5, 5.41) is 8.59. The van der Waals surface area contributed by atoms with Crippen LogP contribution in [0.2, 0.25) is 0 Å². The van der Waals surface area contributed by atoms with Crippen LogP contribution in [0.5, 0.6) is 0 Å². The Bertz CT molecular complexity index is 589. The number of nitrogens with zero attached hydrogens (tertiary/aromatic N) is 1. The van der Waals surface area contributed by atoms with Gasteiger partial charge in [-0.05, 0) is 30.9 Å². The van der Waals surface area contributed by atoms with Crippen LogP contribution in [-0.2, 0) is 16.6 Å². The van der Waals surface area contributed by atoms with Gasteiger partial charge in [0.15, 0.2) is 0 Å². The zero-order valence-electron chi connectivity index (χ0n) is 9.69. The summed E-state index contributed by atoms with van der Waals surface area (Å²) in [6.07, 6.45) is 1.90. The lowest BCUT2D eigenvalue weighted by atomic mass is 10.1. The van der Waals surface area contributed by atoms with E-state index in [1.54, 1.807) is 0 Å². The van der Waals surface area contributed by atoms with Crippen LogP contribution in [0.15, 0.2) is 18.2 Å².